The first-order chi connectivity index (χ1) is 6.13. The van der Waals surface area contributed by atoms with Gasteiger partial charge in [0.2, 0.25) is 0 Å². The first-order valence-electron chi connectivity index (χ1n) is 5.24. The third-order valence-corrected chi connectivity index (χ3v) is 2.93. The Labute approximate surface area is 80.9 Å². The van der Waals surface area contributed by atoms with Gasteiger partial charge < -0.3 is 15.7 Å². The third kappa shape index (κ3) is 3.25. The van der Waals surface area contributed by atoms with Crippen molar-refractivity contribution in [3.8, 4) is 0 Å². The largest absolute Gasteiger partial charge is 0.395 e. The van der Waals surface area contributed by atoms with Crippen LogP contribution in [0.3, 0.4) is 0 Å². The molecule has 0 aromatic heterocycles. The van der Waals surface area contributed by atoms with Crippen molar-refractivity contribution in [2.75, 3.05) is 19.7 Å². The topological polar surface area (TPSA) is 49.5 Å². The lowest BCUT2D eigenvalue weighted by Crippen LogP contribution is -2.34. The Morgan fingerprint density at radius 3 is 2.69 bits per heavy atom. The summed E-state index contributed by atoms with van der Waals surface area (Å²) in [7, 11) is 0. The zero-order chi connectivity index (χ0) is 9.84. The van der Waals surface area contributed by atoms with E-state index < -0.39 is 0 Å². The molecule has 1 aliphatic rings. The second-order valence-electron chi connectivity index (χ2n) is 4.42. The van der Waals surface area contributed by atoms with Crippen LogP contribution in [0.25, 0.3) is 0 Å². The van der Waals surface area contributed by atoms with E-state index in [0.29, 0.717) is 6.04 Å². The normalized spacial score (nSPS) is 32.3. The first-order valence-corrected chi connectivity index (χ1v) is 5.24. The third-order valence-electron chi connectivity index (χ3n) is 2.93. The number of nitrogens with two attached hydrogens (primary N) is 1. The lowest BCUT2D eigenvalue weighted by atomic mass is 10.1. The number of aliphatic hydroxyl groups is 1. The van der Waals surface area contributed by atoms with Crippen molar-refractivity contribution < 1.29 is 5.11 Å². The minimum Gasteiger partial charge on any atom is -0.395 e. The van der Waals surface area contributed by atoms with Gasteiger partial charge in [0.25, 0.3) is 0 Å². The van der Waals surface area contributed by atoms with E-state index in [4.69, 9.17) is 10.8 Å². The standard InChI is InChI=1S/C10H22N2O/c1-8-5-9(2)12(6-8)4-3-10(11)7-13/h8-10,13H,3-7,11H2,1-2H3. The van der Waals surface area contributed by atoms with Crippen LogP contribution in [0.1, 0.15) is 26.7 Å². The molecule has 1 heterocycles. The van der Waals surface area contributed by atoms with Gasteiger partial charge in [-0.15, -0.1) is 0 Å². The number of likely N-dealkylation sites (tertiary alicyclic amines) is 1. The molecule has 0 spiro atoms. The average molecular weight is 186 g/mol. The van der Waals surface area contributed by atoms with Crippen LogP contribution in [-0.4, -0.2) is 41.8 Å². The Hall–Kier alpha value is -0.120. The Morgan fingerprint density at radius 2 is 2.23 bits per heavy atom. The maximum absolute atomic E-state index is 8.78. The summed E-state index contributed by atoms with van der Waals surface area (Å²) < 4.78 is 0. The molecule has 3 heteroatoms. The summed E-state index contributed by atoms with van der Waals surface area (Å²) in [5.41, 5.74) is 5.65. The lowest BCUT2D eigenvalue weighted by molar-refractivity contribution is 0.219. The molecule has 0 saturated carbocycles. The Kier molecular flexibility index (Phi) is 4.16. The molecular formula is C10H22N2O. The van der Waals surface area contributed by atoms with Crippen LogP contribution >= 0.6 is 0 Å². The van der Waals surface area contributed by atoms with Crippen LogP contribution in [0.15, 0.2) is 0 Å². The number of hydrogen-bond donors (Lipinski definition) is 2. The van der Waals surface area contributed by atoms with Gasteiger partial charge in [0.1, 0.15) is 0 Å². The van der Waals surface area contributed by atoms with Gasteiger partial charge in [-0.05, 0) is 32.2 Å². The fraction of sp³-hybridized carbons (Fsp3) is 1.00. The summed E-state index contributed by atoms with van der Waals surface area (Å²) in [6, 6.07) is 0.656. The smallest absolute Gasteiger partial charge is 0.0583 e. The molecule has 0 aromatic carbocycles. The van der Waals surface area contributed by atoms with Crippen LogP contribution < -0.4 is 5.73 Å². The van der Waals surface area contributed by atoms with Gasteiger partial charge in [-0.1, -0.05) is 6.92 Å². The highest BCUT2D eigenvalue weighted by Gasteiger charge is 2.25. The fourth-order valence-corrected chi connectivity index (χ4v) is 2.12. The highest BCUT2D eigenvalue weighted by Crippen LogP contribution is 2.22. The van der Waals surface area contributed by atoms with Crippen LogP contribution in [0.2, 0.25) is 0 Å². The molecule has 0 aromatic rings. The average Bonchev–Trinajstić information content (AvgIpc) is 2.41. The molecule has 0 amide bonds. The summed E-state index contributed by atoms with van der Waals surface area (Å²) in [5.74, 6) is 0.820. The van der Waals surface area contributed by atoms with Crippen LogP contribution in [0, 0.1) is 5.92 Å². The number of rotatable bonds is 4. The van der Waals surface area contributed by atoms with E-state index in [1.54, 1.807) is 0 Å². The van der Waals surface area contributed by atoms with Crippen molar-refractivity contribution in [1.82, 2.24) is 4.90 Å². The molecule has 3 atom stereocenters. The molecule has 1 rings (SSSR count). The second-order valence-corrected chi connectivity index (χ2v) is 4.42. The van der Waals surface area contributed by atoms with Crippen LogP contribution in [-0.2, 0) is 0 Å². The lowest BCUT2D eigenvalue weighted by Gasteiger charge is -2.22. The van der Waals surface area contributed by atoms with E-state index in [2.05, 4.69) is 18.7 Å². The summed E-state index contributed by atoms with van der Waals surface area (Å²) in [5, 5.41) is 8.78. The van der Waals surface area contributed by atoms with Gasteiger partial charge >= 0.3 is 0 Å². The molecule has 1 aliphatic heterocycles. The van der Waals surface area contributed by atoms with Gasteiger partial charge in [0, 0.05) is 18.6 Å². The van der Waals surface area contributed by atoms with Gasteiger partial charge in [0.15, 0.2) is 0 Å². The van der Waals surface area contributed by atoms with E-state index in [1.807, 2.05) is 0 Å². The van der Waals surface area contributed by atoms with Gasteiger partial charge in [-0.3, -0.25) is 0 Å². The second kappa shape index (κ2) is 4.94. The highest BCUT2D eigenvalue weighted by molar-refractivity contribution is 4.80. The predicted molar refractivity (Wildman–Crippen MR) is 54.5 cm³/mol. The van der Waals surface area contributed by atoms with E-state index >= 15 is 0 Å². The zero-order valence-corrected chi connectivity index (χ0v) is 8.74. The number of nitrogens with zero attached hydrogens (tertiary/aromatic N) is 1. The fourth-order valence-electron chi connectivity index (χ4n) is 2.12. The summed E-state index contributed by atoms with van der Waals surface area (Å²) in [6.45, 7) is 6.90. The van der Waals surface area contributed by atoms with Crippen molar-refractivity contribution in [3.63, 3.8) is 0 Å². The minimum atomic E-state index is -0.0388. The van der Waals surface area contributed by atoms with Crippen molar-refractivity contribution in [2.45, 2.75) is 38.8 Å². The quantitative estimate of drug-likeness (QED) is 0.669. The van der Waals surface area contributed by atoms with Gasteiger partial charge in [-0.25, -0.2) is 0 Å². The molecular weight excluding hydrogens is 164 g/mol. The SMILES string of the molecule is CC1CC(C)N(CCC(N)CO)C1. The maximum atomic E-state index is 8.78. The molecule has 0 bridgehead atoms. The molecule has 3 unspecified atom stereocenters. The first kappa shape index (κ1) is 11.0. The Morgan fingerprint density at radius 1 is 1.54 bits per heavy atom. The van der Waals surface area contributed by atoms with Crippen molar-refractivity contribution >= 4 is 0 Å². The van der Waals surface area contributed by atoms with E-state index in [1.165, 1.54) is 13.0 Å². The molecule has 1 fully saturated rings. The Balaban J connectivity index is 2.21. The number of aliphatic hydroxyl groups excluding tert-OH is 1. The molecule has 0 radical (unpaired) electrons. The van der Waals surface area contributed by atoms with Crippen LogP contribution in [0.5, 0.6) is 0 Å². The molecule has 13 heavy (non-hydrogen) atoms. The number of hydrogen-bond acceptors (Lipinski definition) is 3. The summed E-state index contributed by atoms with van der Waals surface area (Å²) >= 11 is 0. The monoisotopic (exact) mass is 186 g/mol. The van der Waals surface area contributed by atoms with Crippen LogP contribution in [0.4, 0.5) is 0 Å². The summed E-state index contributed by atoms with van der Waals surface area (Å²) in [4.78, 5) is 2.47. The van der Waals surface area contributed by atoms with E-state index in [9.17, 15) is 0 Å². The molecule has 78 valence electrons. The van der Waals surface area contributed by atoms with Gasteiger partial charge in [0.05, 0.1) is 6.61 Å². The highest BCUT2D eigenvalue weighted by atomic mass is 16.3. The summed E-state index contributed by atoms with van der Waals surface area (Å²) in [6.07, 6.45) is 2.21. The molecule has 0 aliphatic carbocycles. The van der Waals surface area contributed by atoms with E-state index in [0.717, 1.165) is 18.9 Å². The molecule has 3 nitrogen and oxygen atoms in total. The minimum absolute atomic E-state index is 0.0388. The zero-order valence-electron chi connectivity index (χ0n) is 8.74. The maximum Gasteiger partial charge on any atom is 0.0583 e. The molecule has 3 N–H and O–H groups in total. The van der Waals surface area contributed by atoms with Crippen molar-refractivity contribution in [1.29, 1.82) is 0 Å². The Bertz CT molecular complexity index is 152. The van der Waals surface area contributed by atoms with Crippen molar-refractivity contribution in [3.05, 3.63) is 0 Å². The van der Waals surface area contributed by atoms with E-state index in [-0.39, 0.29) is 12.6 Å². The van der Waals surface area contributed by atoms with Crippen molar-refractivity contribution in [2.24, 2.45) is 11.7 Å². The molecule has 1 saturated heterocycles. The van der Waals surface area contributed by atoms with Gasteiger partial charge in [-0.2, -0.15) is 0 Å². The predicted octanol–water partition coefficient (Wildman–Crippen LogP) is 0.426.